The van der Waals surface area contributed by atoms with Crippen LogP contribution >= 0.6 is 0 Å². The van der Waals surface area contributed by atoms with Gasteiger partial charge in [-0.2, -0.15) is 13.2 Å². The van der Waals surface area contributed by atoms with Gasteiger partial charge in [0.25, 0.3) is 0 Å². The minimum atomic E-state index is -4.39. The Kier molecular flexibility index (Phi) is 8.35. The van der Waals surface area contributed by atoms with E-state index < -0.39 is 11.9 Å². The Morgan fingerprint density at radius 1 is 0.800 bits per heavy atom. The van der Waals surface area contributed by atoms with Gasteiger partial charge in [0.05, 0.1) is 0 Å². The molecule has 0 bridgehead atoms. The molecular weight excluding hydrogens is 383 g/mol. The Balaban J connectivity index is 1.42. The summed E-state index contributed by atoms with van der Waals surface area (Å²) in [6, 6.07) is 10.7. The first-order valence-corrected chi connectivity index (χ1v) is 11.6. The van der Waals surface area contributed by atoms with Crippen LogP contribution in [0.2, 0.25) is 0 Å². The normalized spacial score (nSPS) is 19.7. The molecule has 1 fully saturated rings. The van der Waals surface area contributed by atoms with Gasteiger partial charge < -0.3 is 0 Å². The van der Waals surface area contributed by atoms with Crippen molar-refractivity contribution in [3.05, 3.63) is 53.9 Å². The number of pyridine rings is 1. The maximum absolute atomic E-state index is 12.7. The van der Waals surface area contributed by atoms with Crippen LogP contribution in [0.1, 0.15) is 82.4 Å². The number of rotatable bonds is 9. The molecule has 30 heavy (non-hydrogen) atoms. The molecule has 1 nitrogen and oxygen atoms in total. The minimum absolute atomic E-state index is 0.715. The molecule has 0 spiro atoms. The van der Waals surface area contributed by atoms with Gasteiger partial charge in [-0.15, -0.1) is 0 Å². The van der Waals surface area contributed by atoms with Crippen molar-refractivity contribution in [2.45, 2.75) is 83.7 Å². The molecule has 0 N–H and O–H groups in total. The average Bonchev–Trinajstić information content (AvgIpc) is 2.76. The summed E-state index contributed by atoms with van der Waals surface area (Å²) in [5.41, 5.74) is 2.08. The zero-order chi connectivity index (χ0) is 21.4. The van der Waals surface area contributed by atoms with Crippen LogP contribution in [0.5, 0.6) is 0 Å². The minimum Gasteiger partial charge on any atom is -0.251 e. The van der Waals surface area contributed by atoms with Crippen LogP contribution in [0.4, 0.5) is 13.2 Å². The van der Waals surface area contributed by atoms with Crippen molar-refractivity contribution < 1.29 is 13.2 Å². The molecule has 1 aromatic carbocycles. The Bertz CT molecular complexity index is 741. The zero-order valence-corrected chi connectivity index (χ0v) is 18.1. The molecule has 0 saturated heterocycles. The number of aromatic nitrogens is 1. The van der Waals surface area contributed by atoms with Gasteiger partial charge in [-0.3, -0.25) is 4.98 Å². The predicted molar refractivity (Wildman–Crippen MR) is 117 cm³/mol. The summed E-state index contributed by atoms with van der Waals surface area (Å²) in [4.78, 5) is 3.56. The molecule has 0 amide bonds. The molecule has 1 aliphatic rings. The van der Waals surface area contributed by atoms with Gasteiger partial charge in [0.2, 0.25) is 0 Å². The summed E-state index contributed by atoms with van der Waals surface area (Å²) < 4.78 is 38.0. The van der Waals surface area contributed by atoms with Crippen LogP contribution in [0, 0.1) is 11.8 Å². The Labute approximate surface area is 179 Å². The maximum atomic E-state index is 12.7. The zero-order valence-electron chi connectivity index (χ0n) is 18.1. The van der Waals surface area contributed by atoms with Crippen molar-refractivity contribution in [3.8, 4) is 11.1 Å². The van der Waals surface area contributed by atoms with Gasteiger partial charge in [-0.1, -0.05) is 95.0 Å². The van der Waals surface area contributed by atoms with E-state index in [1.54, 1.807) is 0 Å². The van der Waals surface area contributed by atoms with Gasteiger partial charge in [-0.05, 0) is 41.9 Å². The van der Waals surface area contributed by atoms with E-state index in [4.69, 9.17) is 0 Å². The molecule has 4 heteroatoms. The fourth-order valence-electron chi connectivity index (χ4n) is 4.64. The molecule has 1 aliphatic carbocycles. The average molecular weight is 418 g/mol. The molecule has 0 unspecified atom stereocenters. The van der Waals surface area contributed by atoms with Gasteiger partial charge >= 0.3 is 6.18 Å². The number of hydrogen-bond donors (Lipinski definition) is 0. The van der Waals surface area contributed by atoms with E-state index in [1.165, 1.54) is 82.0 Å². The molecule has 0 aliphatic heterocycles. The number of alkyl halides is 3. The molecular formula is C26H34F3N. The number of hydrogen-bond acceptors (Lipinski definition) is 1. The lowest BCUT2D eigenvalue weighted by atomic mass is 9.77. The Morgan fingerprint density at radius 2 is 1.43 bits per heavy atom. The lowest BCUT2D eigenvalue weighted by molar-refractivity contribution is -0.141. The van der Waals surface area contributed by atoms with Crippen LogP contribution in [-0.4, -0.2) is 4.98 Å². The monoisotopic (exact) mass is 417 g/mol. The molecule has 1 saturated carbocycles. The molecule has 1 aromatic heterocycles. The first-order valence-electron chi connectivity index (χ1n) is 11.6. The molecule has 0 radical (unpaired) electrons. The van der Waals surface area contributed by atoms with Gasteiger partial charge in [0, 0.05) is 11.8 Å². The highest BCUT2D eigenvalue weighted by atomic mass is 19.4. The second-order valence-electron chi connectivity index (χ2n) is 8.90. The van der Waals surface area contributed by atoms with Gasteiger partial charge in [0.15, 0.2) is 0 Å². The van der Waals surface area contributed by atoms with E-state index in [9.17, 15) is 13.2 Å². The van der Waals surface area contributed by atoms with Crippen molar-refractivity contribution in [2.75, 3.05) is 0 Å². The molecule has 164 valence electrons. The lowest BCUT2D eigenvalue weighted by Crippen LogP contribution is -2.15. The highest BCUT2D eigenvalue weighted by Crippen LogP contribution is 2.34. The SMILES string of the molecule is CCCCCC[C@H]1CC[C@H](CCc2ccc(-c3ccc(C(F)(F)F)nc3)cc2)CC1. The number of aryl methyl sites for hydroxylation is 1. The summed E-state index contributed by atoms with van der Waals surface area (Å²) in [6.45, 7) is 2.27. The first-order chi connectivity index (χ1) is 14.5. The van der Waals surface area contributed by atoms with E-state index in [-0.39, 0.29) is 0 Å². The van der Waals surface area contributed by atoms with Crippen LogP contribution in [0.3, 0.4) is 0 Å². The summed E-state index contributed by atoms with van der Waals surface area (Å²) in [7, 11) is 0. The van der Waals surface area contributed by atoms with E-state index >= 15 is 0 Å². The number of benzene rings is 1. The number of nitrogens with zero attached hydrogens (tertiary/aromatic N) is 1. The second kappa shape index (κ2) is 11.0. The Morgan fingerprint density at radius 3 is 2.00 bits per heavy atom. The summed E-state index contributed by atoms with van der Waals surface area (Å²) in [5.74, 6) is 1.80. The lowest BCUT2D eigenvalue weighted by Gasteiger charge is -2.28. The van der Waals surface area contributed by atoms with Crippen molar-refractivity contribution in [2.24, 2.45) is 11.8 Å². The fraction of sp³-hybridized carbons (Fsp3) is 0.577. The van der Waals surface area contributed by atoms with Crippen LogP contribution < -0.4 is 0 Å². The van der Waals surface area contributed by atoms with Crippen LogP contribution in [0.25, 0.3) is 11.1 Å². The van der Waals surface area contributed by atoms with Crippen molar-refractivity contribution in [3.63, 3.8) is 0 Å². The molecule has 0 atom stereocenters. The quantitative estimate of drug-likeness (QED) is 0.373. The van der Waals surface area contributed by atoms with Crippen molar-refractivity contribution in [1.82, 2.24) is 4.98 Å². The standard InChI is InChI=1S/C26H34F3N/c1-2-3-4-5-6-20-7-9-21(10-8-20)11-12-22-13-15-23(16-14-22)24-17-18-25(30-19-24)26(27,28)29/h13-21H,2-12H2,1H3/t20-,21-. The molecule has 2 aromatic rings. The molecule has 3 rings (SSSR count). The number of halogens is 3. The third-order valence-electron chi connectivity index (χ3n) is 6.61. The van der Waals surface area contributed by atoms with Gasteiger partial charge in [0.1, 0.15) is 5.69 Å². The maximum Gasteiger partial charge on any atom is 0.433 e. The largest absolute Gasteiger partial charge is 0.433 e. The van der Waals surface area contributed by atoms with E-state index in [0.29, 0.717) is 5.56 Å². The topological polar surface area (TPSA) is 12.9 Å². The highest BCUT2D eigenvalue weighted by Gasteiger charge is 2.32. The fourth-order valence-corrected chi connectivity index (χ4v) is 4.64. The highest BCUT2D eigenvalue weighted by molar-refractivity contribution is 5.62. The third kappa shape index (κ3) is 6.85. The van der Waals surface area contributed by atoms with E-state index in [1.807, 2.05) is 12.1 Å². The van der Waals surface area contributed by atoms with Crippen LogP contribution in [-0.2, 0) is 12.6 Å². The summed E-state index contributed by atoms with van der Waals surface area (Å²) in [5, 5.41) is 0. The third-order valence-corrected chi connectivity index (χ3v) is 6.61. The second-order valence-corrected chi connectivity index (χ2v) is 8.90. The Hall–Kier alpha value is -1.84. The number of unbranched alkanes of at least 4 members (excludes halogenated alkanes) is 3. The van der Waals surface area contributed by atoms with Crippen LogP contribution in [0.15, 0.2) is 42.6 Å². The molecule has 1 heterocycles. The van der Waals surface area contributed by atoms with Crippen molar-refractivity contribution >= 4 is 0 Å². The summed E-state index contributed by atoms with van der Waals surface area (Å²) in [6.07, 6.45) is 11.7. The van der Waals surface area contributed by atoms with Crippen molar-refractivity contribution in [1.29, 1.82) is 0 Å². The smallest absolute Gasteiger partial charge is 0.251 e. The van der Waals surface area contributed by atoms with E-state index in [2.05, 4.69) is 24.0 Å². The van der Waals surface area contributed by atoms with E-state index in [0.717, 1.165) is 29.9 Å². The summed E-state index contributed by atoms with van der Waals surface area (Å²) >= 11 is 0. The first kappa shape index (κ1) is 22.8. The predicted octanol–water partition coefficient (Wildman–Crippen LogP) is 8.48. The van der Waals surface area contributed by atoms with Gasteiger partial charge in [-0.25, -0.2) is 0 Å².